The predicted octanol–water partition coefficient (Wildman–Crippen LogP) is -0.433. The monoisotopic (exact) mass is 360 g/mol. The molecule has 0 fully saturated rings. The molecule has 0 spiro atoms. The van der Waals surface area contributed by atoms with Gasteiger partial charge in [0.15, 0.2) is 11.5 Å². The highest BCUT2D eigenvalue weighted by molar-refractivity contribution is 6.24. The zero-order valence-electron chi connectivity index (χ0n) is 14.8. The summed E-state index contributed by atoms with van der Waals surface area (Å²) in [7, 11) is 0. The Morgan fingerprint density at radius 1 is 1.19 bits per heavy atom. The highest BCUT2D eigenvalue weighted by atomic mass is 16.3. The maximum atomic E-state index is 12.6. The number of aromatic nitrogens is 2. The van der Waals surface area contributed by atoms with Crippen molar-refractivity contribution in [3.8, 4) is 0 Å². The predicted molar refractivity (Wildman–Crippen MR) is 101 cm³/mol. The summed E-state index contributed by atoms with van der Waals surface area (Å²) in [5, 5.41) is 21.3. The van der Waals surface area contributed by atoms with E-state index in [9.17, 15) is 4.79 Å². The molecule has 2 aliphatic rings. The lowest BCUT2D eigenvalue weighted by molar-refractivity contribution is 0.298. The van der Waals surface area contributed by atoms with E-state index in [1.807, 2.05) is 6.92 Å². The topological polar surface area (TPSA) is 130 Å². The van der Waals surface area contributed by atoms with Gasteiger partial charge in [-0.05, 0) is 31.1 Å². The highest BCUT2D eigenvalue weighted by Crippen LogP contribution is 2.24. The van der Waals surface area contributed by atoms with E-state index in [2.05, 4.69) is 15.3 Å². The Morgan fingerprint density at radius 3 is 2.62 bits per heavy atom. The molecule has 0 saturated carbocycles. The molecule has 3 rings (SSSR count). The van der Waals surface area contributed by atoms with Crippen LogP contribution in [0.15, 0.2) is 38.2 Å². The van der Waals surface area contributed by atoms with Gasteiger partial charge in [0.25, 0.3) is 5.56 Å². The maximum Gasteiger partial charge on any atom is 0.294 e. The van der Waals surface area contributed by atoms with Crippen molar-refractivity contribution in [2.45, 2.75) is 26.4 Å². The molecular formula is C17H24N6O3. The largest absolute Gasteiger partial charge is 0.395 e. The second-order valence-electron chi connectivity index (χ2n) is 6.11. The second-order valence-corrected chi connectivity index (χ2v) is 6.11. The zero-order chi connectivity index (χ0) is 18.7. The number of rotatable bonds is 6. The molecule has 1 aromatic heterocycles. The Morgan fingerprint density at radius 2 is 1.92 bits per heavy atom. The summed E-state index contributed by atoms with van der Waals surface area (Å²) in [5.41, 5.74) is 8.97. The molecule has 0 radical (unpaired) electrons. The molecule has 1 aliphatic heterocycles. The van der Waals surface area contributed by atoms with Crippen molar-refractivity contribution >= 4 is 22.9 Å². The Bertz CT molecular complexity index is 872. The fraction of sp³-hybridized carbons (Fsp3) is 0.471. The number of hydrogen-bond acceptors (Lipinski definition) is 7. The minimum atomic E-state index is -0.195. The van der Waals surface area contributed by atoms with Gasteiger partial charge < -0.3 is 21.3 Å². The molecule has 5 N–H and O–H groups in total. The highest BCUT2D eigenvalue weighted by Gasteiger charge is 2.23. The van der Waals surface area contributed by atoms with Crippen LogP contribution in [0, 0.1) is 0 Å². The Kier molecular flexibility index (Phi) is 5.38. The molecule has 9 nitrogen and oxygen atoms in total. The van der Waals surface area contributed by atoms with Crippen LogP contribution in [0.25, 0.3) is 0 Å². The van der Waals surface area contributed by atoms with Gasteiger partial charge in [-0.25, -0.2) is 9.67 Å². The molecule has 1 aliphatic carbocycles. The summed E-state index contributed by atoms with van der Waals surface area (Å²) in [6.07, 6.45) is 4.45. The van der Waals surface area contributed by atoms with Gasteiger partial charge in [-0.3, -0.25) is 14.5 Å². The van der Waals surface area contributed by atoms with Gasteiger partial charge in [0, 0.05) is 19.6 Å². The fourth-order valence-electron chi connectivity index (χ4n) is 3.18. The zero-order valence-corrected chi connectivity index (χ0v) is 14.8. The van der Waals surface area contributed by atoms with E-state index in [-0.39, 0.29) is 24.5 Å². The standard InChI is InChI=1S/C17H24N6O3/c1-11-12(19-5-9-24)3-4-13(14(11)20-6-10-25)21-15-16(18)22-7-2-8-23(22)17(15)26/h3-4,20,24-25H,2,5-10,18H2,1H3. The molecule has 0 atom stereocenters. The third kappa shape index (κ3) is 3.23. The number of aliphatic hydroxyl groups is 2. The maximum absolute atomic E-state index is 12.6. The number of nitrogens with two attached hydrogens (primary N) is 1. The lowest BCUT2D eigenvalue weighted by atomic mass is 9.99. The number of aliphatic hydroxyl groups excluding tert-OH is 2. The lowest BCUT2D eigenvalue weighted by Gasteiger charge is -2.18. The summed E-state index contributed by atoms with van der Waals surface area (Å²) in [6, 6.07) is 0. The van der Waals surface area contributed by atoms with Gasteiger partial charge in [-0.15, -0.1) is 0 Å². The van der Waals surface area contributed by atoms with Crippen molar-refractivity contribution < 1.29 is 10.2 Å². The van der Waals surface area contributed by atoms with Gasteiger partial charge >= 0.3 is 0 Å². The molecule has 1 aromatic rings. The molecule has 140 valence electrons. The van der Waals surface area contributed by atoms with Crippen LogP contribution in [-0.2, 0) is 13.1 Å². The quantitative estimate of drug-likeness (QED) is 0.511. The van der Waals surface area contributed by atoms with Gasteiger partial charge in [0.2, 0.25) is 0 Å². The summed E-state index contributed by atoms with van der Waals surface area (Å²) in [6.45, 7) is 3.81. The minimum absolute atomic E-state index is 0.0332. The van der Waals surface area contributed by atoms with Crippen molar-refractivity contribution in [1.29, 1.82) is 0 Å². The summed E-state index contributed by atoms with van der Waals surface area (Å²) < 4.78 is 3.38. The van der Waals surface area contributed by atoms with E-state index in [0.29, 0.717) is 43.4 Å². The summed E-state index contributed by atoms with van der Waals surface area (Å²) in [4.78, 5) is 21.4. The second kappa shape index (κ2) is 7.71. The smallest absolute Gasteiger partial charge is 0.294 e. The molecule has 0 unspecified atom stereocenters. The molecule has 0 bridgehead atoms. The van der Waals surface area contributed by atoms with E-state index in [1.165, 1.54) is 0 Å². The average Bonchev–Trinajstić information content (AvgIpc) is 3.20. The third-order valence-electron chi connectivity index (χ3n) is 4.43. The van der Waals surface area contributed by atoms with Gasteiger partial charge in [0.05, 0.1) is 36.9 Å². The molecule has 26 heavy (non-hydrogen) atoms. The van der Waals surface area contributed by atoms with Crippen LogP contribution in [0.2, 0.25) is 0 Å². The number of nitrogen functional groups attached to an aromatic ring is 1. The summed E-state index contributed by atoms with van der Waals surface area (Å²) in [5.74, 6) is 0.368. The number of allylic oxidation sites excluding steroid dienone is 3. The minimum Gasteiger partial charge on any atom is -0.395 e. The number of fused-ring (bicyclic) bond motifs is 1. The first-order valence-electron chi connectivity index (χ1n) is 8.66. The van der Waals surface area contributed by atoms with Crippen molar-refractivity contribution in [2.75, 3.05) is 32.0 Å². The number of nitrogens with zero attached hydrogens (tertiary/aromatic N) is 4. The van der Waals surface area contributed by atoms with Crippen LogP contribution in [0.3, 0.4) is 0 Å². The first kappa shape index (κ1) is 18.2. The van der Waals surface area contributed by atoms with E-state index in [1.54, 1.807) is 21.5 Å². The Labute approximate surface area is 150 Å². The van der Waals surface area contributed by atoms with Crippen LogP contribution >= 0.6 is 0 Å². The third-order valence-corrected chi connectivity index (χ3v) is 4.43. The SMILES string of the molecule is CC1=C(NCCO)C(=Nc2c(N)n3n(c2=O)CCC3)C=CC1=NCCO. The van der Waals surface area contributed by atoms with Crippen LogP contribution in [0.1, 0.15) is 13.3 Å². The van der Waals surface area contributed by atoms with E-state index >= 15 is 0 Å². The van der Waals surface area contributed by atoms with E-state index in [0.717, 1.165) is 17.7 Å². The van der Waals surface area contributed by atoms with E-state index < -0.39 is 0 Å². The number of aliphatic imine (C=N–C) groups is 2. The first-order valence-corrected chi connectivity index (χ1v) is 8.66. The van der Waals surface area contributed by atoms with Crippen LogP contribution in [0.5, 0.6) is 0 Å². The average molecular weight is 360 g/mol. The van der Waals surface area contributed by atoms with Crippen molar-refractivity contribution in [3.05, 3.63) is 33.8 Å². The molecule has 9 heteroatoms. The summed E-state index contributed by atoms with van der Waals surface area (Å²) >= 11 is 0. The first-order chi connectivity index (χ1) is 12.6. The van der Waals surface area contributed by atoms with Gasteiger partial charge in [0.1, 0.15) is 0 Å². The molecule has 0 amide bonds. The van der Waals surface area contributed by atoms with E-state index in [4.69, 9.17) is 15.9 Å². The number of anilines is 1. The van der Waals surface area contributed by atoms with Crippen molar-refractivity contribution in [1.82, 2.24) is 14.7 Å². The normalized spacial score (nSPS) is 19.7. The van der Waals surface area contributed by atoms with Crippen molar-refractivity contribution in [2.24, 2.45) is 9.98 Å². The Balaban J connectivity index is 2.04. The molecule has 0 aromatic carbocycles. The molecule has 2 heterocycles. The fourth-order valence-corrected chi connectivity index (χ4v) is 3.18. The van der Waals surface area contributed by atoms with Gasteiger partial charge in [-0.2, -0.15) is 0 Å². The molecular weight excluding hydrogens is 336 g/mol. The lowest BCUT2D eigenvalue weighted by Crippen LogP contribution is -2.28. The Hall–Kier alpha value is -2.65. The number of hydrogen-bond donors (Lipinski definition) is 4. The van der Waals surface area contributed by atoms with Crippen LogP contribution in [0.4, 0.5) is 11.5 Å². The van der Waals surface area contributed by atoms with Gasteiger partial charge in [-0.1, -0.05) is 0 Å². The molecule has 0 saturated heterocycles. The van der Waals surface area contributed by atoms with Crippen LogP contribution < -0.4 is 16.6 Å². The number of nitrogens with one attached hydrogen (secondary N) is 1. The van der Waals surface area contributed by atoms with Crippen molar-refractivity contribution in [3.63, 3.8) is 0 Å². The van der Waals surface area contributed by atoms with Crippen LogP contribution in [-0.4, -0.2) is 57.3 Å².